The largest absolute Gasteiger partial charge is 0.297 e. The van der Waals surface area contributed by atoms with Crippen molar-refractivity contribution in [2.45, 2.75) is 5.25 Å². The van der Waals surface area contributed by atoms with Gasteiger partial charge in [0.15, 0.2) is 0 Å². The Morgan fingerprint density at radius 2 is 2.20 bits per heavy atom. The molecule has 0 aromatic rings. The van der Waals surface area contributed by atoms with E-state index in [1.54, 1.807) is 0 Å². The Kier molecular flexibility index (Phi) is 1.60. The molecular formula is C4H2ClF3N2. The van der Waals surface area contributed by atoms with E-state index in [0.29, 0.717) is 6.08 Å². The molecule has 1 aliphatic rings. The van der Waals surface area contributed by atoms with Crippen LogP contribution in [-0.4, -0.2) is 11.3 Å². The standard InChI is InChI=1S/C4H2ClF3N2/c5-4(8)1-2(6)9-3(7)10-4/h1H,(H,9,10). The maximum absolute atomic E-state index is 12.4. The Balaban J connectivity index is 2.88. The molecule has 0 saturated heterocycles. The van der Waals surface area contributed by atoms with Gasteiger partial charge in [0.1, 0.15) is 0 Å². The normalized spacial score (nSPS) is 32.4. The van der Waals surface area contributed by atoms with Crippen LogP contribution in [-0.2, 0) is 0 Å². The van der Waals surface area contributed by atoms with Crippen molar-refractivity contribution < 1.29 is 13.2 Å². The molecule has 1 N–H and O–H groups in total. The molecule has 0 saturated carbocycles. The van der Waals surface area contributed by atoms with E-state index in [2.05, 4.69) is 4.99 Å². The lowest BCUT2D eigenvalue weighted by atomic mass is 10.5. The molecular weight excluding hydrogens is 169 g/mol. The lowest BCUT2D eigenvalue weighted by molar-refractivity contribution is 0.302. The molecule has 0 radical (unpaired) electrons. The van der Waals surface area contributed by atoms with E-state index in [-0.39, 0.29) is 0 Å². The molecule has 0 fully saturated rings. The summed E-state index contributed by atoms with van der Waals surface area (Å²) in [5, 5.41) is -1.25. The Bertz CT molecular complexity index is 211. The zero-order chi connectivity index (χ0) is 7.78. The highest BCUT2D eigenvalue weighted by Crippen LogP contribution is 2.22. The van der Waals surface area contributed by atoms with Gasteiger partial charge < -0.3 is 0 Å². The molecule has 0 bridgehead atoms. The van der Waals surface area contributed by atoms with E-state index < -0.39 is 17.3 Å². The minimum Gasteiger partial charge on any atom is -0.297 e. The van der Waals surface area contributed by atoms with Gasteiger partial charge in [-0.25, -0.2) is 0 Å². The molecule has 10 heavy (non-hydrogen) atoms. The molecule has 0 amide bonds. The molecule has 6 heteroatoms. The fourth-order valence-corrected chi connectivity index (χ4v) is 0.645. The van der Waals surface area contributed by atoms with Gasteiger partial charge in [0.05, 0.1) is 0 Å². The van der Waals surface area contributed by atoms with Gasteiger partial charge >= 0.3 is 0 Å². The zero-order valence-corrected chi connectivity index (χ0v) is 5.29. The Morgan fingerprint density at radius 1 is 1.60 bits per heavy atom. The van der Waals surface area contributed by atoms with Crippen LogP contribution in [0.3, 0.4) is 0 Å². The molecule has 56 valence electrons. The van der Waals surface area contributed by atoms with Crippen molar-refractivity contribution in [2.24, 2.45) is 4.99 Å². The predicted molar refractivity (Wildman–Crippen MR) is 30.6 cm³/mol. The average molecular weight is 171 g/mol. The van der Waals surface area contributed by atoms with Crippen molar-refractivity contribution in [3.63, 3.8) is 0 Å². The molecule has 1 heterocycles. The van der Waals surface area contributed by atoms with Gasteiger partial charge in [-0.2, -0.15) is 18.2 Å². The first kappa shape index (κ1) is 7.40. The number of nitrogens with one attached hydrogen (secondary N) is 1. The van der Waals surface area contributed by atoms with Crippen molar-refractivity contribution in [1.82, 2.24) is 5.32 Å². The van der Waals surface area contributed by atoms with Crippen molar-refractivity contribution >= 4 is 17.7 Å². The molecule has 1 atom stereocenters. The van der Waals surface area contributed by atoms with Crippen LogP contribution < -0.4 is 5.32 Å². The quantitative estimate of drug-likeness (QED) is 0.433. The monoisotopic (exact) mass is 170 g/mol. The summed E-state index contributed by atoms with van der Waals surface area (Å²) >= 11 is 4.85. The number of aliphatic imine (C=N–C) groups is 1. The van der Waals surface area contributed by atoms with Gasteiger partial charge in [-0.3, -0.25) is 5.32 Å². The Labute approximate surface area is 59.4 Å². The fourth-order valence-electron chi connectivity index (χ4n) is 0.477. The zero-order valence-electron chi connectivity index (χ0n) is 4.54. The van der Waals surface area contributed by atoms with Crippen LogP contribution in [0.5, 0.6) is 0 Å². The number of hydrogen-bond acceptors (Lipinski definition) is 2. The maximum Gasteiger partial charge on any atom is 0.288 e. The number of alkyl halides is 2. The van der Waals surface area contributed by atoms with Gasteiger partial charge in [0.25, 0.3) is 11.3 Å². The van der Waals surface area contributed by atoms with Crippen LogP contribution in [0.15, 0.2) is 17.0 Å². The van der Waals surface area contributed by atoms with E-state index in [9.17, 15) is 13.2 Å². The third kappa shape index (κ3) is 1.63. The van der Waals surface area contributed by atoms with E-state index in [4.69, 9.17) is 11.6 Å². The van der Waals surface area contributed by atoms with Crippen LogP contribution in [0.25, 0.3) is 0 Å². The summed E-state index contributed by atoms with van der Waals surface area (Å²) in [6.45, 7) is 0. The third-order valence-electron chi connectivity index (χ3n) is 0.775. The lowest BCUT2D eigenvalue weighted by Crippen LogP contribution is -2.38. The van der Waals surface area contributed by atoms with Crippen LogP contribution >= 0.6 is 11.6 Å². The van der Waals surface area contributed by atoms with E-state index in [0.717, 1.165) is 0 Å². The number of halogens is 4. The van der Waals surface area contributed by atoms with E-state index in [1.807, 2.05) is 0 Å². The first-order chi connectivity index (χ1) is 4.49. The second kappa shape index (κ2) is 2.16. The van der Waals surface area contributed by atoms with Crippen LogP contribution in [0, 0.1) is 0 Å². The number of amidine groups is 1. The van der Waals surface area contributed by atoms with Crippen molar-refractivity contribution in [2.75, 3.05) is 0 Å². The molecule has 2 nitrogen and oxygen atoms in total. The van der Waals surface area contributed by atoms with E-state index >= 15 is 0 Å². The van der Waals surface area contributed by atoms with E-state index in [1.165, 1.54) is 5.32 Å². The maximum atomic E-state index is 12.4. The minimum atomic E-state index is -2.70. The molecule has 1 rings (SSSR count). The first-order valence-corrected chi connectivity index (χ1v) is 2.66. The Morgan fingerprint density at radius 3 is 2.60 bits per heavy atom. The average Bonchev–Trinajstić information content (AvgIpc) is 1.54. The highest BCUT2D eigenvalue weighted by atomic mass is 35.5. The second-order valence-corrected chi connectivity index (χ2v) is 2.17. The molecule has 0 aromatic carbocycles. The highest BCUT2D eigenvalue weighted by molar-refractivity contribution is 6.24. The Hall–Kier alpha value is -0.710. The van der Waals surface area contributed by atoms with Crippen molar-refractivity contribution in [1.29, 1.82) is 0 Å². The first-order valence-electron chi connectivity index (χ1n) is 2.28. The van der Waals surface area contributed by atoms with Gasteiger partial charge in [-0.15, -0.1) is 0 Å². The smallest absolute Gasteiger partial charge is 0.288 e. The predicted octanol–water partition coefficient (Wildman–Crippen LogP) is 1.59. The molecule has 1 aliphatic heterocycles. The van der Waals surface area contributed by atoms with Gasteiger partial charge in [0.2, 0.25) is 5.95 Å². The van der Waals surface area contributed by atoms with Crippen LogP contribution in [0.4, 0.5) is 13.2 Å². The van der Waals surface area contributed by atoms with Crippen molar-refractivity contribution in [3.05, 3.63) is 12.0 Å². The SMILES string of the molecule is FC1=CC(F)(Cl)NC(F)=N1. The highest BCUT2D eigenvalue weighted by Gasteiger charge is 2.29. The van der Waals surface area contributed by atoms with Gasteiger partial charge in [-0.1, -0.05) is 11.6 Å². The minimum absolute atomic E-state index is 0.317. The summed E-state index contributed by atoms with van der Waals surface area (Å²) in [5.74, 6) is -1.28. The van der Waals surface area contributed by atoms with Gasteiger partial charge in [0, 0.05) is 6.08 Å². The third-order valence-corrected chi connectivity index (χ3v) is 0.979. The van der Waals surface area contributed by atoms with Crippen LogP contribution in [0.2, 0.25) is 0 Å². The lowest BCUT2D eigenvalue weighted by Gasteiger charge is -2.16. The number of hydrogen-bond donors (Lipinski definition) is 1. The van der Waals surface area contributed by atoms with Crippen LogP contribution in [0.1, 0.15) is 0 Å². The summed E-state index contributed by atoms with van der Waals surface area (Å²) < 4.78 is 36.4. The number of rotatable bonds is 0. The summed E-state index contributed by atoms with van der Waals surface area (Å²) in [6.07, 6.45) is -1.06. The molecule has 0 spiro atoms. The fraction of sp³-hybridized carbons (Fsp3) is 0.250. The topological polar surface area (TPSA) is 24.4 Å². The molecule has 0 aliphatic carbocycles. The second-order valence-electron chi connectivity index (χ2n) is 1.62. The summed E-state index contributed by atoms with van der Waals surface area (Å²) in [5.41, 5.74) is 0. The van der Waals surface area contributed by atoms with Gasteiger partial charge in [-0.05, 0) is 0 Å². The number of nitrogens with zero attached hydrogens (tertiary/aromatic N) is 1. The molecule has 0 aromatic heterocycles. The van der Waals surface area contributed by atoms with Crippen molar-refractivity contribution in [3.8, 4) is 0 Å². The molecule has 1 unspecified atom stereocenters. The summed E-state index contributed by atoms with van der Waals surface area (Å²) in [4.78, 5) is 2.59. The summed E-state index contributed by atoms with van der Waals surface area (Å²) in [6, 6.07) is 0. The summed E-state index contributed by atoms with van der Waals surface area (Å²) in [7, 11) is 0.